The lowest BCUT2D eigenvalue weighted by Gasteiger charge is -2.16. The Morgan fingerprint density at radius 2 is 1.60 bits per heavy atom. The van der Waals surface area contributed by atoms with Gasteiger partial charge in [-0.2, -0.15) is 0 Å². The Morgan fingerprint density at radius 1 is 0.950 bits per heavy atom. The number of aliphatic carboxylic acids is 1. The highest BCUT2D eigenvalue weighted by Crippen LogP contribution is 2.32. The van der Waals surface area contributed by atoms with Gasteiger partial charge in [0.2, 0.25) is 0 Å². The largest absolute Gasteiger partial charge is 0.480 e. The predicted octanol–water partition coefficient (Wildman–Crippen LogP) is 4.24. The van der Waals surface area contributed by atoms with E-state index in [1.807, 2.05) is 0 Å². The fourth-order valence-electron chi connectivity index (χ4n) is 3.80. The molecule has 0 fully saturated rings. The number of carbonyl (C=O) groups is 4. The maximum absolute atomic E-state index is 13.2. The number of amidine groups is 1. The lowest BCUT2D eigenvalue weighted by atomic mass is 10.0. The van der Waals surface area contributed by atoms with Crippen molar-refractivity contribution in [2.24, 2.45) is 5.73 Å². The molecule has 0 radical (unpaired) electrons. The molecule has 0 saturated carbocycles. The van der Waals surface area contributed by atoms with Crippen molar-refractivity contribution in [3.05, 3.63) is 93.2 Å². The van der Waals surface area contributed by atoms with Gasteiger partial charge in [0, 0.05) is 18.4 Å². The van der Waals surface area contributed by atoms with E-state index in [-0.39, 0.29) is 52.8 Å². The van der Waals surface area contributed by atoms with Crippen LogP contribution in [0.5, 0.6) is 0 Å². The molecular weight excluding hydrogens is 562 g/mol. The van der Waals surface area contributed by atoms with E-state index in [0.29, 0.717) is 16.7 Å². The summed E-state index contributed by atoms with van der Waals surface area (Å²) in [5.41, 5.74) is 7.31. The van der Waals surface area contributed by atoms with Crippen LogP contribution in [-0.2, 0) is 16.0 Å². The van der Waals surface area contributed by atoms with Crippen LogP contribution < -0.4 is 16.4 Å². The summed E-state index contributed by atoms with van der Waals surface area (Å²) in [5, 5.41) is 21.6. The van der Waals surface area contributed by atoms with Crippen LogP contribution in [0.4, 0.5) is 4.39 Å². The maximum Gasteiger partial charge on any atom is 0.326 e. The predicted molar refractivity (Wildman–Crippen MR) is 149 cm³/mol. The van der Waals surface area contributed by atoms with Gasteiger partial charge < -0.3 is 21.5 Å². The molecule has 2 amide bonds. The molecule has 0 heterocycles. The fraction of sp³-hybridized carbons (Fsp3) is 0.179. The second-order valence-corrected chi connectivity index (χ2v) is 9.66. The van der Waals surface area contributed by atoms with E-state index in [9.17, 15) is 28.7 Å². The second kappa shape index (κ2) is 13.7. The lowest BCUT2D eigenvalue weighted by molar-refractivity contribution is -0.139. The highest BCUT2D eigenvalue weighted by Gasteiger charge is 2.25. The summed E-state index contributed by atoms with van der Waals surface area (Å²) in [6, 6.07) is 13.5. The number of hydrogen-bond acceptors (Lipinski definition) is 5. The molecule has 9 nitrogen and oxygen atoms in total. The summed E-state index contributed by atoms with van der Waals surface area (Å²) in [6.45, 7) is -0.349. The zero-order chi connectivity index (χ0) is 29.4. The van der Waals surface area contributed by atoms with Gasteiger partial charge in [0.15, 0.2) is 5.78 Å². The number of hydrogen-bond donors (Lipinski definition) is 5. The second-order valence-electron chi connectivity index (χ2n) is 8.85. The minimum Gasteiger partial charge on any atom is -0.480 e. The van der Waals surface area contributed by atoms with Gasteiger partial charge in [0.05, 0.1) is 28.0 Å². The lowest BCUT2D eigenvalue weighted by Crippen LogP contribution is -2.41. The minimum absolute atomic E-state index is 0.0420. The molecule has 0 unspecified atom stereocenters. The molecule has 1 atom stereocenters. The Labute approximate surface area is 239 Å². The Kier molecular flexibility index (Phi) is 10.4. The summed E-state index contributed by atoms with van der Waals surface area (Å²) in [6.07, 6.45) is -0.309. The van der Waals surface area contributed by atoms with Crippen LogP contribution in [0.15, 0.2) is 60.7 Å². The average molecular weight is 587 g/mol. The maximum atomic E-state index is 13.2. The number of rotatable bonds is 12. The SMILES string of the molecule is N=C(N)Cc1cccc(C(=O)NCC(=O)CC[C@H](NC(=O)c2c(Cl)cc(-c3ccc(F)cc3)cc2Cl)C(=O)O)c1. The number of carboxylic acid groups (broad SMARTS) is 1. The van der Waals surface area contributed by atoms with E-state index < -0.39 is 35.4 Å². The number of halogens is 3. The smallest absolute Gasteiger partial charge is 0.326 e. The molecule has 0 aliphatic heterocycles. The highest BCUT2D eigenvalue weighted by molar-refractivity contribution is 6.40. The van der Waals surface area contributed by atoms with E-state index >= 15 is 0 Å². The Hall–Kier alpha value is -4.28. The summed E-state index contributed by atoms with van der Waals surface area (Å²) in [5.74, 6) is -3.67. The van der Waals surface area contributed by atoms with Crippen molar-refractivity contribution in [3.8, 4) is 11.1 Å². The molecule has 0 bridgehead atoms. The normalized spacial score (nSPS) is 11.4. The van der Waals surface area contributed by atoms with E-state index in [1.165, 1.54) is 36.4 Å². The number of carbonyl (C=O) groups excluding carboxylic acids is 3. The van der Waals surface area contributed by atoms with Crippen LogP contribution >= 0.6 is 23.2 Å². The highest BCUT2D eigenvalue weighted by atomic mass is 35.5. The molecule has 0 aliphatic rings. The first-order valence-electron chi connectivity index (χ1n) is 11.9. The van der Waals surface area contributed by atoms with Gasteiger partial charge in [-0.25, -0.2) is 9.18 Å². The molecule has 0 aromatic heterocycles. The van der Waals surface area contributed by atoms with Crippen molar-refractivity contribution < 1.29 is 28.7 Å². The van der Waals surface area contributed by atoms with Crippen molar-refractivity contribution in [2.45, 2.75) is 25.3 Å². The molecule has 208 valence electrons. The van der Waals surface area contributed by atoms with Crippen molar-refractivity contribution in [2.75, 3.05) is 6.54 Å². The van der Waals surface area contributed by atoms with Gasteiger partial charge in [-0.15, -0.1) is 0 Å². The van der Waals surface area contributed by atoms with Crippen LogP contribution in [0.3, 0.4) is 0 Å². The molecule has 6 N–H and O–H groups in total. The van der Waals surface area contributed by atoms with Crippen molar-refractivity contribution in [1.29, 1.82) is 5.41 Å². The molecule has 12 heteroatoms. The number of benzene rings is 3. The zero-order valence-corrected chi connectivity index (χ0v) is 22.5. The van der Waals surface area contributed by atoms with Crippen LogP contribution in [0, 0.1) is 11.2 Å². The third-order valence-electron chi connectivity index (χ3n) is 5.79. The van der Waals surface area contributed by atoms with Crippen LogP contribution in [0.1, 0.15) is 39.1 Å². The number of amides is 2. The van der Waals surface area contributed by atoms with Gasteiger partial charge in [-0.3, -0.25) is 19.8 Å². The standard InChI is InChI=1S/C28H25Cl2FN4O5/c29-21-12-18(16-4-6-19(31)7-5-16)13-22(30)25(21)27(38)35-23(28(39)40)9-8-20(36)14-34-26(37)17-3-1-2-15(10-17)11-24(32)33/h1-7,10,12-13,23H,8-9,11,14H2,(H3,32,33)(H,34,37)(H,35,38)(H,39,40)/t23-/m0/s1. The summed E-state index contributed by atoms with van der Waals surface area (Å²) < 4.78 is 13.2. The number of carboxylic acids is 1. The Morgan fingerprint density at radius 3 is 2.20 bits per heavy atom. The first-order chi connectivity index (χ1) is 18.9. The van der Waals surface area contributed by atoms with Gasteiger partial charge >= 0.3 is 5.97 Å². The van der Waals surface area contributed by atoms with Gasteiger partial charge in [0.1, 0.15) is 11.9 Å². The number of ketones is 1. The molecule has 0 aliphatic carbocycles. The quantitative estimate of drug-likeness (QED) is 0.157. The van der Waals surface area contributed by atoms with Crippen molar-refractivity contribution >= 4 is 52.6 Å². The van der Waals surface area contributed by atoms with Crippen LogP contribution in [-0.4, -0.2) is 47.1 Å². The molecule has 3 aromatic rings. The van der Waals surface area contributed by atoms with Gasteiger partial charge in [-0.05, 0) is 59.5 Å². The number of Topliss-reactive ketones (excluding diaryl/α,β-unsaturated/α-hetero) is 1. The molecule has 40 heavy (non-hydrogen) atoms. The molecule has 0 spiro atoms. The number of nitrogens with two attached hydrogens (primary N) is 1. The first kappa shape index (κ1) is 30.3. The minimum atomic E-state index is -1.43. The van der Waals surface area contributed by atoms with Crippen LogP contribution in [0.2, 0.25) is 10.0 Å². The summed E-state index contributed by atoms with van der Waals surface area (Å²) >= 11 is 12.6. The first-order valence-corrected chi connectivity index (χ1v) is 12.7. The Balaban J connectivity index is 1.58. The zero-order valence-electron chi connectivity index (χ0n) is 21.0. The average Bonchev–Trinajstić information content (AvgIpc) is 2.89. The van der Waals surface area contributed by atoms with Crippen molar-refractivity contribution in [3.63, 3.8) is 0 Å². The Bertz CT molecular complexity index is 1440. The third kappa shape index (κ3) is 8.36. The molecule has 3 rings (SSSR count). The fourth-order valence-corrected chi connectivity index (χ4v) is 4.46. The van der Waals surface area contributed by atoms with E-state index in [1.54, 1.807) is 24.3 Å². The molecular formula is C28H25Cl2FN4O5. The topological polar surface area (TPSA) is 162 Å². The van der Waals surface area contributed by atoms with Gasteiger partial charge in [0.25, 0.3) is 11.8 Å². The van der Waals surface area contributed by atoms with Crippen LogP contribution in [0.25, 0.3) is 11.1 Å². The van der Waals surface area contributed by atoms with Crippen molar-refractivity contribution in [1.82, 2.24) is 10.6 Å². The van der Waals surface area contributed by atoms with Gasteiger partial charge in [-0.1, -0.05) is 47.5 Å². The summed E-state index contributed by atoms with van der Waals surface area (Å²) in [7, 11) is 0. The van der Waals surface area contributed by atoms with E-state index in [4.69, 9.17) is 34.3 Å². The third-order valence-corrected chi connectivity index (χ3v) is 6.39. The van der Waals surface area contributed by atoms with E-state index in [2.05, 4.69) is 10.6 Å². The molecule has 0 saturated heterocycles. The monoisotopic (exact) mass is 586 g/mol. The number of nitrogens with one attached hydrogen (secondary N) is 3. The van der Waals surface area contributed by atoms with E-state index in [0.717, 1.165) is 0 Å². The summed E-state index contributed by atoms with van der Waals surface area (Å²) in [4.78, 5) is 49.3. The molecule has 3 aromatic carbocycles.